The maximum atomic E-state index is 12.7. The summed E-state index contributed by atoms with van der Waals surface area (Å²) in [4.78, 5) is 19.0. The van der Waals surface area contributed by atoms with Gasteiger partial charge in [-0.15, -0.1) is 0 Å². The van der Waals surface area contributed by atoms with Crippen LogP contribution in [-0.4, -0.2) is 85.8 Å². The van der Waals surface area contributed by atoms with Crippen LogP contribution in [-0.2, 0) is 21.2 Å². The minimum absolute atomic E-state index is 0.00619. The van der Waals surface area contributed by atoms with E-state index in [1.54, 1.807) is 0 Å². The van der Waals surface area contributed by atoms with Gasteiger partial charge >= 0.3 is 0 Å². The van der Waals surface area contributed by atoms with Gasteiger partial charge in [0.2, 0.25) is 5.91 Å². The summed E-state index contributed by atoms with van der Waals surface area (Å²) >= 11 is 0. The number of benzene rings is 1. The van der Waals surface area contributed by atoms with Gasteiger partial charge in [-0.1, -0.05) is 37.3 Å². The fourth-order valence-corrected chi connectivity index (χ4v) is 5.59. The quantitative estimate of drug-likeness (QED) is 0.733. The number of hydrogen-bond acceptors (Lipinski definition) is 5. The van der Waals surface area contributed by atoms with Crippen molar-refractivity contribution in [1.82, 2.24) is 14.7 Å². The number of carbonyl (C=O) groups is 1. The van der Waals surface area contributed by atoms with Gasteiger partial charge in [0.15, 0.2) is 9.84 Å². The molecule has 1 unspecified atom stereocenters. The number of amides is 1. The summed E-state index contributed by atoms with van der Waals surface area (Å²) in [5, 5.41) is 0. The summed E-state index contributed by atoms with van der Waals surface area (Å²) in [6.45, 7) is 7.20. The molecule has 0 aromatic heterocycles. The molecule has 7 heteroatoms. The van der Waals surface area contributed by atoms with Crippen LogP contribution >= 0.6 is 0 Å². The van der Waals surface area contributed by atoms with Crippen molar-refractivity contribution in [2.75, 3.05) is 50.8 Å². The second kappa shape index (κ2) is 8.50. The molecular formula is C19H29N3O3S. The Morgan fingerprint density at radius 1 is 1.15 bits per heavy atom. The van der Waals surface area contributed by atoms with Crippen LogP contribution < -0.4 is 0 Å². The minimum Gasteiger partial charge on any atom is -0.339 e. The Morgan fingerprint density at radius 2 is 1.85 bits per heavy atom. The fraction of sp³-hybridized carbons (Fsp3) is 0.632. The molecule has 144 valence electrons. The Bertz CT molecular complexity index is 700. The molecule has 26 heavy (non-hydrogen) atoms. The number of rotatable bonds is 6. The van der Waals surface area contributed by atoms with Gasteiger partial charge < -0.3 is 4.90 Å². The van der Waals surface area contributed by atoms with Crippen LogP contribution in [0.25, 0.3) is 0 Å². The third kappa shape index (κ3) is 5.05. The number of hydrogen-bond donors (Lipinski definition) is 0. The molecule has 1 amide bonds. The Kier molecular flexibility index (Phi) is 6.32. The van der Waals surface area contributed by atoms with E-state index in [0.717, 1.165) is 32.7 Å². The van der Waals surface area contributed by atoms with Crippen molar-refractivity contribution in [2.24, 2.45) is 0 Å². The van der Waals surface area contributed by atoms with Crippen molar-refractivity contribution >= 4 is 15.7 Å². The summed E-state index contributed by atoms with van der Waals surface area (Å²) in [5.74, 6) is 0.565. The molecule has 2 aliphatic rings. The molecule has 2 saturated heterocycles. The molecule has 1 aromatic rings. The first-order valence-electron chi connectivity index (χ1n) is 9.45. The molecule has 1 aromatic carbocycles. The lowest BCUT2D eigenvalue weighted by Gasteiger charge is -2.36. The van der Waals surface area contributed by atoms with Crippen LogP contribution in [0.5, 0.6) is 0 Å². The van der Waals surface area contributed by atoms with Gasteiger partial charge in [-0.25, -0.2) is 8.42 Å². The Morgan fingerprint density at radius 3 is 2.42 bits per heavy atom. The third-order valence-electron chi connectivity index (χ3n) is 5.44. The Hall–Kier alpha value is -1.44. The number of piperazine rings is 1. The standard InChI is InChI=1S/C19H29N3O3S/c1-2-21(18-8-13-26(24,25)16-18)15-19(23)22-11-9-20(10-12-22)14-17-6-4-3-5-7-17/h3-7,18H,2,8-16H2,1H3. The Labute approximate surface area is 156 Å². The van der Waals surface area contributed by atoms with Gasteiger partial charge in [-0.05, 0) is 18.5 Å². The first-order chi connectivity index (χ1) is 12.5. The van der Waals surface area contributed by atoms with E-state index in [2.05, 4.69) is 29.2 Å². The maximum absolute atomic E-state index is 12.7. The molecule has 0 N–H and O–H groups in total. The molecule has 3 rings (SSSR count). The second-order valence-corrected chi connectivity index (χ2v) is 9.49. The molecule has 0 bridgehead atoms. The average molecular weight is 380 g/mol. The fourth-order valence-electron chi connectivity index (χ4n) is 3.83. The molecule has 0 saturated carbocycles. The van der Waals surface area contributed by atoms with Crippen molar-refractivity contribution in [3.8, 4) is 0 Å². The number of likely N-dealkylation sites (N-methyl/N-ethyl adjacent to an activating group) is 1. The maximum Gasteiger partial charge on any atom is 0.236 e. The summed E-state index contributed by atoms with van der Waals surface area (Å²) in [5.41, 5.74) is 1.30. The molecule has 2 fully saturated rings. The highest BCUT2D eigenvalue weighted by atomic mass is 32.2. The van der Waals surface area contributed by atoms with Crippen LogP contribution in [0.15, 0.2) is 30.3 Å². The van der Waals surface area contributed by atoms with Crippen LogP contribution in [0, 0.1) is 0 Å². The van der Waals surface area contributed by atoms with Gasteiger partial charge in [-0.2, -0.15) is 0 Å². The first-order valence-corrected chi connectivity index (χ1v) is 11.3. The lowest BCUT2D eigenvalue weighted by molar-refractivity contribution is -0.134. The largest absolute Gasteiger partial charge is 0.339 e. The van der Waals surface area contributed by atoms with Crippen molar-refractivity contribution in [2.45, 2.75) is 25.9 Å². The molecule has 0 aliphatic carbocycles. The van der Waals surface area contributed by atoms with E-state index < -0.39 is 9.84 Å². The van der Waals surface area contributed by atoms with E-state index in [-0.39, 0.29) is 23.5 Å². The Balaban J connectivity index is 1.47. The molecule has 2 heterocycles. The van der Waals surface area contributed by atoms with Crippen molar-refractivity contribution in [1.29, 1.82) is 0 Å². The normalized spacial score (nSPS) is 23.5. The monoisotopic (exact) mass is 379 g/mol. The van der Waals surface area contributed by atoms with Gasteiger partial charge in [0.05, 0.1) is 18.1 Å². The molecule has 6 nitrogen and oxygen atoms in total. The topological polar surface area (TPSA) is 60.9 Å². The van der Waals surface area contributed by atoms with Crippen molar-refractivity contribution < 1.29 is 13.2 Å². The molecular weight excluding hydrogens is 350 g/mol. The van der Waals surface area contributed by atoms with Gasteiger partial charge in [-0.3, -0.25) is 14.6 Å². The average Bonchev–Trinajstić information content (AvgIpc) is 3.00. The highest BCUT2D eigenvalue weighted by molar-refractivity contribution is 7.91. The van der Waals surface area contributed by atoms with Crippen LogP contribution in [0.2, 0.25) is 0 Å². The zero-order chi connectivity index (χ0) is 18.6. The minimum atomic E-state index is -2.92. The summed E-state index contributed by atoms with van der Waals surface area (Å²) in [7, 11) is -2.92. The van der Waals surface area contributed by atoms with Crippen molar-refractivity contribution in [3.63, 3.8) is 0 Å². The summed E-state index contributed by atoms with van der Waals surface area (Å²) < 4.78 is 23.4. The zero-order valence-corrected chi connectivity index (χ0v) is 16.3. The number of carbonyl (C=O) groups excluding carboxylic acids is 1. The molecule has 1 atom stereocenters. The lowest BCUT2D eigenvalue weighted by Crippen LogP contribution is -2.52. The van der Waals surface area contributed by atoms with Crippen molar-refractivity contribution in [3.05, 3.63) is 35.9 Å². The molecule has 2 aliphatic heterocycles. The first kappa shape index (κ1) is 19.3. The van der Waals surface area contributed by atoms with Gasteiger partial charge in [0.25, 0.3) is 0 Å². The van der Waals surface area contributed by atoms with E-state index in [4.69, 9.17) is 0 Å². The van der Waals surface area contributed by atoms with E-state index in [1.807, 2.05) is 22.8 Å². The van der Waals surface area contributed by atoms with Crippen LogP contribution in [0.1, 0.15) is 18.9 Å². The highest BCUT2D eigenvalue weighted by Gasteiger charge is 2.33. The summed E-state index contributed by atoms with van der Waals surface area (Å²) in [6.07, 6.45) is 0.647. The van der Waals surface area contributed by atoms with E-state index in [0.29, 0.717) is 19.5 Å². The predicted molar refractivity (Wildman–Crippen MR) is 103 cm³/mol. The number of nitrogens with zero attached hydrogens (tertiary/aromatic N) is 3. The SMILES string of the molecule is CCN(CC(=O)N1CCN(Cc2ccccc2)CC1)C1CCS(=O)(=O)C1. The highest BCUT2D eigenvalue weighted by Crippen LogP contribution is 2.18. The molecule has 0 radical (unpaired) electrons. The predicted octanol–water partition coefficient (Wildman–Crippen LogP) is 0.840. The van der Waals surface area contributed by atoms with Gasteiger partial charge in [0.1, 0.15) is 0 Å². The van der Waals surface area contributed by atoms with E-state index >= 15 is 0 Å². The second-order valence-electron chi connectivity index (χ2n) is 7.26. The zero-order valence-electron chi connectivity index (χ0n) is 15.5. The van der Waals surface area contributed by atoms with E-state index in [1.165, 1.54) is 5.56 Å². The van der Waals surface area contributed by atoms with Crippen LogP contribution in [0.4, 0.5) is 0 Å². The third-order valence-corrected chi connectivity index (χ3v) is 7.19. The van der Waals surface area contributed by atoms with Crippen LogP contribution in [0.3, 0.4) is 0 Å². The van der Waals surface area contributed by atoms with Gasteiger partial charge in [0, 0.05) is 38.8 Å². The lowest BCUT2D eigenvalue weighted by atomic mass is 10.2. The number of sulfone groups is 1. The van der Waals surface area contributed by atoms with E-state index in [9.17, 15) is 13.2 Å². The molecule has 0 spiro atoms. The summed E-state index contributed by atoms with van der Waals surface area (Å²) in [6, 6.07) is 10.4. The smallest absolute Gasteiger partial charge is 0.236 e.